The third-order valence-corrected chi connectivity index (χ3v) is 3.49. The SMILES string of the molecule is CCSC(C)Cc1cccs1. The summed E-state index contributed by atoms with van der Waals surface area (Å²) in [4.78, 5) is 1.51. The molecule has 0 aliphatic rings. The van der Waals surface area contributed by atoms with Gasteiger partial charge in [-0.05, 0) is 23.6 Å². The molecule has 1 rings (SSSR count). The van der Waals surface area contributed by atoms with Gasteiger partial charge in [-0.3, -0.25) is 0 Å². The van der Waals surface area contributed by atoms with Crippen LogP contribution in [0.15, 0.2) is 17.5 Å². The molecule has 0 aromatic carbocycles. The van der Waals surface area contributed by atoms with Gasteiger partial charge in [-0.2, -0.15) is 11.8 Å². The van der Waals surface area contributed by atoms with Crippen LogP contribution in [0.3, 0.4) is 0 Å². The number of thioether (sulfide) groups is 1. The van der Waals surface area contributed by atoms with Gasteiger partial charge in [-0.1, -0.05) is 19.9 Å². The molecule has 0 amide bonds. The largest absolute Gasteiger partial charge is 0.159 e. The monoisotopic (exact) mass is 186 g/mol. The molecule has 0 radical (unpaired) electrons. The maximum Gasteiger partial charge on any atom is 0.00668 e. The van der Waals surface area contributed by atoms with Crippen LogP contribution in [0.5, 0.6) is 0 Å². The predicted molar refractivity (Wildman–Crippen MR) is 55.6 cm³/mol. The molecule has 1 atom stereocenters. The highest BCUT2D eigenvalue weighted by molar-refractivity contribution is 7.99. The van der Waals surface area contributed by atoms with Crippen molar-refractivity contribution in [2.75, 3.05) is 5.75 Å². The van der Waals surface area contributed by atoms with E-state index in [0.717, 1.165) is 5.25 Å². The Hall–Kier alpha value is 0.0500. The van der Waals surface area contributed by atoms with Gasteiger partial charge in [0.2, 0.25) is 0 Å². The fraction of sp³-hybridized carbons (Fsp3) is 0.556. The van der Waals surface area contributed by atoms with E-state index in [9.17, 15) is 0 Å². The summed E-state index contributed by atoms with van der Waals surface area (Å²) in [5.41, 5.74) is 0. The van der Waals surface area contributed by atoms with Crippen LogP contribution in [0.2, 0.25) is 0 Å². The van der Waals surface area contributed by atoms with Crippen molar-refractivity contribution in [3.8, 4) is 0 Å². The summed E-state index contributed by atoms with van der Waals surface area (Å²) in [6.45, 7) is 4.52. The summed E-state index contributed by atoms with van der Waals surface area (Å²) in [6, 6.07) is 4.35. The fourth-order valence-corrected chi connectivity index (χ4v) is 2.86. The summed E-state index contributed by atoms with van der Waals surface area (Å²) in [7, 11) is 0. The van der Waals surface area contributed by atoms with Gasteiger partial charge in [0.15, 0.2) is 0 Å². The molecule has 1 heterocycles. The molecule has 0 aliphatic heterocycles. The molecule has 62 valence electrons. The zero-order chi connectivity index (χ0) is 8.10. The molecule has 2 heteroatoms. The van der Waals surface area contributed by atoms with Crippen molar-refractivity contribution in [1.82, 2.24) is 0 Å². The van der Waals surface area contributed by atoms with Crippen LogP contribution in [0, 0.1) is 0 Å². The molecular formula is C9H14S2. The lowest BCUT2D eigenvalue weighted by molar-refractivity contribution is 0.962. The van der Waals surface area contributed by atoms with Crippen LogP contribution in [-0.2, 0) is 6.42 Å². The van der Waals surface area contributed by atoms with Crippen molar-refractivity contribution in [3.05, 3.63) is 22.4 Å². The maximum absolute atomic E-state index is 2.30. The third-order valence-electron chi connectivity index (χ3n) is 1.52. The highest BCUT2D eigenvalue weighted by atomic mass is 32.2. The van der Waals surface area contributed by atoms with Gasteiger partial charge in [0, 0.05) is 10.1 Å². The summed E-state index contributed by atoms with van der Waals surface area (Å²) in [5, 5.41) is 2.93. The number of hydrogen-bond acceptors (Lipinski definition) is 2. The van der Waals surface area contributed by atoms with Crippen molar-refractivity contribution < 1.29 is 0 Å². The maximum atomic E-state index is 2.30. The predicted octanol–water partition coefficient (Wildman–Crippen LogP) is 3.43. The van der Waals surface area contributed by atoms with Gasteiger partial charge in [0.1, 0.15) is 0 Å². The van der Waals surface area contributed by atoms with Crippen LogP contribution in [-0.4, -0.2) is 11.0 Å². The van der Waals surface area contributed by atoms with E-state index in [-0.39, 0.29) is 0 Å². The Morgan fingerprint density at radius 3 is 3.00 bits per heavy atom. The van der Waals surface area contributed by atoms with Crippen molar-refractivity contribution in [2.24, 2.45) is 0 Å². The van der Waals surface area contributed by atoms with Gasteiger partial charge in [0.25, 0.3) is 0 Å². The molecule has 0 fully saturated rings. The Labute approximate surface area is 77.0 Å². The van der Waals surface area contributed by atoms with E-state index in [1.54, 1.807) is 0 Å². The molecule has 0 spiro atoms. The summed E-state index contributed by atoms with van der Waals surface area (Å²) in [6.07, 6.45) is 1.23. The lowest BCUT2D eigenvalue weighted by Gasteiger charge is -2.06. The van der Waals surface area contributed by atoms with E-state index in [1.165, 1.54) is 17.1 Å². The van der Waals surface area contributed by atoms with Gasteiger partial charge in [-0.25, -0.2) is 0 Å². The summed E-state index contributed by atoms with van der Waals surface area (Å²) >= 11 is 3.90. The van der Waals surface area contributed by atoms with E-state index >= 15 is 0 Å². The van der Waals surface area contributed by atoms with Crippen molar-refractivity contribution >= 4 is 23.1 Å². The van der Waals surface area contributed by atoms with E-state index in [4.69, 9.17) is 0 Å². The zero-order valence-electron chi connectivity index (χ0n) is 7.04. The number of rotatable bonds is 4. The highest BCUT2D eigenvalue weighted by Crippen LogP contribution is 2.18. The molecule has 0 nitrogen and oxygen atoms in total. The fourth-order valence-electron chi connectivity index (χ4n) is 1.06. The second-order valence-corrected chi connectivity index (χ2v) is 5.30. The van der Waals surface area contributed by atoms with Crippen molar-refractivity contribution in [1.29, 1.82) is 0 Å². The first-order valence-electron chi connectivity index (χ1n) is 3.97. The molecule has 1 aromatic rings. The molecule has 1 unspecified atom stereocenters. The van der Waals surface area contributed by atoms with Gasteiger partial charge in [0.05, 0.1) is 0 Å². The summed E-state index contributed by atoms with van der Waals surface area (Å²) < 4.78 is 0. The number of hydrogen-bond donors (Lipinski definition) is 0. The van der Waals surface area contributed by atoms with E-state index in [0.29, 0.717) is 0 Å². The van der Waals surface area contributed by atoms with E-state index in [1.807, 2.05) is 23.1 Å². The molecule has 0 saturated heterocycles. The standard InChI is InChI=1S/C9H14S2/c1-3-10-8(2)7-9-5-4-6-11-9/h4-6,8H,3,7H2,1-2H3. The molecule has 0 N–H and O–H groups in total. The first-order valence-corrected chi connectivity index (χ1v) is 5.89. The topological polar surface area (TPSA) is 0 Å². The smallest absolute Gasteiger partial charge is 0.00668 e. The second-order valence-electron chi connectivity index (χ2n) is 2.55. The second kappa shape index (κ2) is 4.83. The minimum absolute atomic E-state index is 0.777. The van der Waals surface area contributed by atoms with Crippen molar-refractivity contribution in [2.45, 2.75) is 25.5 Å². The Bertz CT molecular complexity index is 179. The quantitative estimate of drug-likeness (QED) is 0.694. The molecule has 1 aromatic heterocycles. The van der Waals surface area contributed by atoms with Gasteiger partial charge >= 0.3 is 0 Å². The lowest BCUT2D eigenvalue weighted by atomic mass is 10.3. The van der Waals surface area contributed by atoms with Crippen LogP contribution in [0.4, 0.5) is 0 Å². The van der Waals surface area contributed by atoms with Crippen LogP contribution in [0.25, 0.3) is 0 Å². The van der Waals surface area contributed by atoms with Crippen LogP contribution in [0.1, 0.15) is 18.7 Å². The first kappa shape index (κ1) is 9.14. The van der Waals surface area contributed by atoms with Crippen molar-refractivity contribution in [3.63, 3.8) is 0 Å². The average molecular weight is 186 g/mol. The third kappa shape index (κ3) is 3.30. The molecule has 0 bridgehead atoms. The zero-order valence-corrected chi connectivity index (χ0v) is 8.67. The normalized spacial score (nSPS) is 13.3. The lowest BCUT2D eigenvalue weighted by Crippen LogP contribution is -1.99. The molecule has 0 saturated carbocycles. The van der Waals surface area contributed by atoms with E-state index < -0.39 is 0 Å². The molecule has 11 heavy (non-hydrogen) atoms. The molecular weight excluding hydrogens is 172 g/mol. The minimum Gasteiger partial charge on any atom is -0.159 e. The number of thiophene rings is 1. The molecule has 0 aliphatic carbocycles. The van der Waals surface area contributed by atoms with E-state index in [2.05, 4.69) is 31.4 Å². The van der Waals surface area contributed by atoms with Crippen LogP contribution >= 0.6 is 23.1 Å². The highest BCUT2D eigenvalue weighted by Gasteiger charge is 2.02. The Balaban J connectivity index is 2.31. The van der Waals surface area contributed by atoms with Gasteiger partial charge < -0.3 is 0 Å². The summed E-state index contributed by atoms with van der Waals surface area (Å²) in [5.74, 6) is 1.23. The Morgan fingerprint density at radius 1 is 1.64 bits per heavy atom. The van der Waals surface area contributed by atoms with Crippen LogP contribution < -0.4 is 0 Å². The Kier molecular flexibility index (Phi) is 4.02. The average Bonchev–Trinajstić information content (AvgIpc) is 2.40. The van der Waals surface area contributed by atoms with Gasteiger partial charge in [-0.15, -0.1) is 11.3 Å². The minimum atomic E-state index is 0.777. The first-order chi connectivity index (χ1) is 5.33. The Morgan fingerprint density at radius 2 is 2.45 bits per heavy atom.